The Bertz CT molecular complexity index is 914. The Balaban J connectivity index is 2.20. The number of carboxylic acid groups (broad SMARTS) is 1. The maximum absolute atomic E-state index is 10.6. The van der Waals surface area contributed by atoms with Crippen molar-refractivity contribution in [1.29, 1.82) is 0 Å². The van der Waals surface area contributed by atoms with Gasteiger partial charge >= 0.3 is 5.97 Å². The van der Waals surface area contributed by atoms with E-state index < -0.39 is 5.97 Å². The first-order chi connectivity index (χ1) is 12.8. The van der Waals surface area contributed by atoms with Gasteiger partial charge in [0.1, 0.15) is 5.75 Å². The highest BCUT2D eigenvalue weighted by Crippen LogP contribution is 2.28. The van der Waals surface area contributed by atoms with Crippen LogP contribution in [0.3, 0.4) is 0 Å². The topological polar surface area (TPSA) is 46.5 Å². The molecule has 0 spiro atoms. The van der Waals surface area contributed by atoms with Crippen LogP contribution in [0.1, 0.15) is 40.3 Å². The molecule has 0 saturated carbocycles. The smallest absolute Gasteiger partial charge is 0.328 e. The number of allylic oxidation sites excluding steroid dienone is 2. The van der Waals surface area contributed by atoms with Crippen molar-refractivity contribution in [2.24, 2.45) is 0 Å². The highest BCUT2D eigenvalue weighted by molar-refractivity contribution is 5.85. The summed E-state index contributed by atoms with van der Waals surface area (Å²) in [5.41, 5.74) is 7.87. The summed E-state index contributed by atoms with van der Waals surface area (Å²) in [6.07, 6.45) is 9.08. The van der Waals surface area contributed by atoms with Crippen molar-refractivity contribution in [3.05, 3.63) is 81.4 Å². The van der Waals surface area contributed by atoms with Crippen molar-refractivity contribution >= 4 is 24.2 Å². The SMILES string of the molecule is COc1cc(C)c(/C=C/C(C)=C/c2ccc(/C=C/C(=O)O)cc2)c(C)c1C. The van der Waals surface area contributed by atoms with Crippen LogP contribution in [-0.4, -0.2) is 18.2 Å². The van der Waals surface area contributed by atoms with Gasteiger partial charge in [-0.05, 0) is 73.2 Å². The van der Waals surface area contributed by atoms with Crippen LogP contribution in [0.15, 0.2) is 48.1 Å². The molecule has 2 rings (SSSR count). The van der Waals surface area contributed by atoms with Gasteiger partial charge in [0.25, 0.3) is 0 Å². The van der Waals surface area contributed by atoms with Gasteiger partial charge in [-0.3, -0.25) is 0 Å². The van der Waals surface area contributed by atoms with E-state index in [-0.39, 0.29) is 0 Å². The summed E-state index contributed by atoms with van der Waals surface area (Å²) in [6.45, 7) is 8.35. The predicted molar refractivity (Wildman–Crippen MR) is 113 cm³/mol. The Morgan fingerprint density at radius 1 is 0.963 bits per heavy atom. The molecule has 3 heteroatoms. The molecule has 0 atom stereocenters. The fraction of sp³-hybridized carbons (Fsp3) is 0.208. The molecule has 0 aliphatic rings. The molecule has 2 aromatic rings. The molecule has 2 aromatic carbocycles. The van der Waals surface area contributed by atoms with Gasteiger partial charge in [0.2, 0.25) is 0 Å². The highest BCUT2D eigenvalue weighted by atomic mass is 16.5. The van der Waals surface area contributed by atoms with Gasteiger partial charge in [0, 0.05) is 6.08 Å². The Labute approximate surface area is 161 Å². The number of hydrogen-bond donors (Lipinski definition) is 1. The van der Waals surface area contributed by atoms with Crippen LogP contribution in [0, 0.1) is 20.8 Å². The zero-order chi connectivity index (χ0) is 20.0. The van der Waals surface area contributed by atoms with Crippen LogP contribution in [-0.2, 0) is 4.79 Å². The van der Waals surface area contributed by atoms with E-state index >= 15 is 0 Å². The lowest BCUT2D eigenvalue weighted by Crippen LogP contribution is -1.95. The molecule has 0 amide bonds. The first-order valence-corrected chi connectivity index (χ1v) is 8.84. The third-order valence-electron chi connectivity index (χ3n) is 4.59. The standard InChI is InChI=1S/C24H26O3/c1-16(14-21-9-7-20(8-10-21)11-13-24(25)26)6-12-22-17(2)15-23(27-5)19(4)18(22)3/h6-15H,1-5H3,(H,25,26)/b12-6+,13-11+,16-14+. The molecule has 0 fully saturated rings. The van der Waals surface area contributed by atoms with Gasteiger partial charge in [0.15, 0.2) is 0 Å². The lowest BCUT2D eigenvalue weighted by molar-refractivity contribution is -0.131. The van der Waals surface area contributed by atoms with Crippen molar-refractivity contribution in [2.75, 3.05) is 7.11 Å². The molecule has 140 valence electrons. The summed E-state index contributed by atoms with van der Waals surface area (Å²) >= 11 is 0. The van der Waals surface area contributed by atoms with Crippen LogP contribution < -0.4 is 4.74 Å². The van der Waals surface area contributed by atoms with E-state index in [4.69, 9.17) is 9.84 Å². The van der Waals surface area contributed by atoms with E-state index in [1.54, 1.807) is 13.2 Å². The number of hydrogen-bond acceptors (Lipinski definition) is 2. The van der Waals surface area contributed by atoms with Crippen LogP contribution in [0.2, 0.25) is 0 Å². The molecule has 0 aliphatic heterocycles. The molecule has 0 saturated heterocycles. The molecule has 3 nitrogen and oxygen atoms in total. The van der Waals surface area contributed by atoms with Gasteiger partial charge in [-0.1, -0.05) is 48.1 Å². The van der Waals surface area contributed by atoms with Gasteiger partial charge in [-0.25, -0.2) is 4.79 Å². The summed E-state index contributed by atoms with van der Waals surface area (Å²) in [5.74, 6) is -0.0224. The molecule has 0 heterocycles. The number of aliphatic carboxylic acids is 1. The fourth-order valence-corrected chi connectivity index (χ4v) is 2.93. The molecule has 0 aliphatic carbocycles. The Morgan fingerprint density at radius 3 is 2.19 bits per heavy atom. The van der Waals surface area contributed by atoms with Crippen LogP contribution in [0.4, 0.5) is 0 Å². The number of aryl methyl sites for hydroxylation is 1. The lowest BCUT2D eigenvalue weighted by atomic mass is 9.96. The molecule has 1 N–H and O–H groups in total. The van der Waals surface area contributed by atoms with Crippen molar-refractivity contribution in [2.45, 2.75) is 27.7 Å². The van der Waals surface area contributed by atoms with Crippen molar-refractivity contribution in [3.63, 3.8) is 0 Å². The average Bonchev–Trinajstić information content (AvgIpc) is 2.64. The number of carboxylic acids is 1. The van der Waals surface area contributed by atoms with Crippen LogP contribution in [0.25, 0.3) is 18.2 Å². The van der Waals surface area contributed by atoms with Gasteiger partial charge in [0.05, 0.1) is 7.11 Å². The van der Waals surface area contributed by atoms with E-state index in [0.717, 1.165) is 34.1 Å². The van der Waals surface area contributed by atoms with Crippen molar-refractivity contribution in [1.82, 2.24) is 0 Å². The van der Waals surface area contributed by atoms with Gasteiger partial charge < -0.3 is 9.84 Å². The highest BCUT2D eigenvalue weighted by Gasteiger charge is 2.08. The summed E-state index contributed by atoms with van der Waals surface area (Å²) < 4.78 is 5.43. The lowest BCUT2D eigenvalue weighted by Gasteiger charge is -2.13. The quantitative estimate of drug-likeness (QED) is 0.519. The number of ether oxygens (including phenoxy) is 1. The first kappa shape index (κ1) is 20.2. The second-order valence-electron chi connectivity index (χ2n) is 6.62. The molecule has 0 bridgehead atoms. The maximum atomic E-state index is 10.6. The molecule has 0 aromatic heterocycles. The van der Waals surface area contributed by atoms with Crippen molar-refractivity contribution in [3.8, 4) is 5.75 Å². The van der Waals surface area contributed by atoms with Gasteiger partial charge in [-0.2, -0.15) is 0 Å². The van der Waals surface area contributed by atoms with E-state index in [2.05, 4.69) is 52.0 Å². The predicted octanol–water partition coefficient (Wildman–Crippen LogP) is 5.83. The largest absolute Gasteiger partial charge is 0.496 e. The normalized spacial score (nSPS) is 12.1. The zero-order valence-corrected chi connectivity index (χ0v) is 16.5. The monoisotopic (exact) mass is 362 g/mol. The average molecular weight is 362 g/mol. The zero-order valence-electron chi connectivity index (χ0n) is 16.5. The number of methoxy groups -OCH3 is 1. The van der Waals surface area contributed by atoms with Crippen LogP contribution in [0.5, 0.6) is 5.75 Å². The minimum atomic E-state index is -0.945. The third kappa shape index (κ3) is 5.45. The van der Waals surface area contributed by atoms with E-state index in [1.807, 2.05) is 24.3 Å². The second-order valence-corrected chi connectivity index (χ2v) is 6.62. The molecular formula is C24H26O3. The van der Waals surface area contributed by atoms with E-state index in [9.17, 15) is 4.79 Å². The molecule has 27 heavy (non-hydrogen) atoms. The van der Waals surface area contributed by atoms with Crippen LogP contribution >= 0.6 is 0 Å². The molecular weight excluding hydrogens is 336 g/mol. The third-order valence-corrected chi connectivity index (χ3v) is 4.59. The summed E-state index contributed by atoms with van der Waals surface area (Å²) in [5, 5.41) is 8.68. The van der Waals surface area contributed by atoms with Crippen molar-refractivity contribution < 1.29 is 14.6 Å². The minimum absolute atomic E-state index is 0.864. The van der Waals surface area contributed by atoms with E-state index in [1.165, 1.54) is 16.7 Å². The number of benzene rings is 2. The number of carbonyl (C=O) groups is 1. The Morgan fingerprint density at radius 2 is 1.59 bits per heavy atom. The second kappa shape index (κ2) is 9.04. The Kier molecular flexibility index (Phi) is 6.78. The fourth-order valence-electron chi connectivity index (χ4n) is 2.93. The Hall–Kier alpha value is -3.07. The minimum Gasteiger partial charge on any atom is -0.496 e. The molecule has 0 radical (unpaired) electrons. The number of rotatable bonds is 6. The molecule has 0 unspecified atom stereocenters. The van der Waals surface area contributed by atoms with Gasteiger partial charge in [-0.15, -0.1) is 0 Å². The van der Waals surface area contributed by atoms with E-state index in [0.29, 0.717) is 0 Å². The summed E-state index contributed by atoms with van der Waals surface area (Å²) in [6, 6.07) is 9.84. The summed E-state index contributed by atoms with van der Waals surface area (Å²) in [7, 11) is 1.70. The maximum Gasteiger partial charge on any atom is 0.328 e. The summed E-state index contributed by atoms with van der Waals surface area (Å²) in [4.78, 5) is 10.6. The first-order valence-electron chi connectivity index (χ1n) is 8.84.